The summed E-state index contributed by atoms with van der Waals surface area (Å²) in [4.78, 5) is 11.8. The van der Waals surface area contributed by atoms with E-state index >= 15 is 0 Å². The molecule has 2 N–H and O–H groups in total. The fourth-order valence-electron chi connectivity index (χ4n) is 1.66. The van der Waals surface area contributed by atoms with Gasteiger partial charge in [-0.3, -0.25) is 4.79 Å². The van der Waals surface area contributed by atoms with Gasteiger partial charge in [-0.05, 0) is 30.3 Å². The molecule has 0 radical (unpaired) electrons. The molecule has 0 saturated heterocycles. The first-order valence-electron chi connectivity index (χ1n) is 5.74. The van der Waals surface area contributed by atoms with Crippen LogP contribution in [-0.4, -0.2) is 11.0 Å². The van der Waals surface area contributed by atoms with E-state index in [9.17, 15) is 27.5 Å². The number of hydrogen-bond acceptors (Lipinski definition) is 2. The van der Waals surface area contributed by atoms with Gasteiger partial charge in [0.05, 0.1) is 11.1 Å². The van der Waals surface area contributed by atoms with E-state index in [2.05, 4.69) is 5.32 Å². The lowest BCUT2D eigenvalue weighted by Crippen LogP contribution is -2.15. The van der Waals surface area contributed by atoms with Crippen LogP contribution in [0.1, 0.15) is 15.9 Å². The second-order valence-electron chi connectivity index (χ2n) is 4.20. The van der Waals surface area contributed by atoms with Crippen molar-refractivity contribution in [3.63, 3.8) is 0 Å². The van der Waals surface area contributed by atoms with Crippen molar-refractivity contribution >= 4 is 11.6 Å². The third kappa shape index (κ3) is 3.50. The Labute approximate surface area is 116 Å². The summed E-state index contributed by atoms with van der Waals surface area (Å²) in [5.74, 6) is -2.25. The Kier molecular flexibility index (Phi) is 3.84. The SMILES string of the molecule is O=C(Nc1cccc(O)c1)c1cc(C(F)(F)F)ccc1F. The average molecular weight is 299 g/mol. The Hall–Kier alpha value is -2.57. The third-order valence-corrected chi connectivity index (χ3v) is 2.64. The van der Waals surface area contributed by atoms with Gasteiger partial charge in [-0.15, -0.1) is 0 Å². The van der Waals surface area contributed by atoms with Crippen LogP contribution in [0.15, 0.2) is 42.5 Å². The molecule has 3 nitrogen and oxygen atoms in total. The summed E-state index contributed by atoms with van der Waals surface area (Å²) in [6, 6.07) is 6.94. The topological polar surface area (TPSA) is 49.3 Å². The lowest BCUT2D eigenvalue weighted by Gasteiger charge is -2.10. The largest absolute Gasteiger partial charge is 0.508 e. The Morgan fingerprint density at radius 2 is 1.81 bits per heavy atom. The van der Waals surface area contributed by atoms with E-state index in [1.807, 2.05) is 0 Å². The van der Waals surface area contributed by atoms with Gasteiger partial charge in [0.2, 0.25) is 0 Å². The fourth-order valence-corrected chi connectivity index (χ4v) is 1.66. The van der Waals surface area contributed by atoms with Gasteiger partial charge < -0.3 is 10.4 Å². The normalized spacial score (nSPS) is 11.2. The van der Waals surface area contributed by atoms with E-state index in [-0.39, 0.29) is 11.4 Å². The summed E-state index contributed by atoms with van der Waals surface area (Å²) in [6.07, 6.45) is -4.67. The van der Waals surface area contributed by atoms with Gasteiger partial charge in [0.1, 0.15) is 11.6 Å². The Balaban J connectivity index is 2.31. The van der Waals surface area contributed by atoms with E-state index in [0.717, 1.165) is 0 Å². The summed E-state index contributed by atoms with van der Waals surface area (Å²) < 4.78 is 51.2. The van der Waals surface area contributed by atoms with Crippen molar-refractivity contribution in [1.29, 1.82) is 0 Å². The molecular formula is C14H9F4NO2. The van der Waals surface area contributed by atoms with E-state index in [1.54, 1.807) is 0 Å². The quantitative estimate of drug-likeness (QED) is 0.829. The van der Waals surface area contributed by atoms with Gasteiger partial charge in [0.25, 0.3) is 5.91 Å². The monoisotopic (exact) mass is 299 g/mol. The molecule has 0 aliphatic rings. The molecule has 0 aliphatic heterocycles. The van der Waals surface area contributed by atoms with Crippen LogP contribution in [0.5, 0.6) is 5.75 Å². The maximum atomic E-state index is 13.5. The second kappa shape index (κ2) is 5.43. The minimum Gasteiger partial charge on any atom is -0.508 e. The number of anilines is 1. The first-order valence-corrected chi connectivity index (χ1v) is 5.74. The van der Waals surface area contributed by atoms with Crippen LogP contribution in [0.25, 0.3) is 0 Å². The lowest BCUT2D eigenvalue weighted by molar-refractivity contribution is -0.137. The van der Waals surface area contributed by atoms with Crippen molar-refractivity contribution in [2.75, 3.05) is 5.32 Å². The molecule has 0 heterocycles. The summed E-state index contributed by atoms with van der Waals surface area (Å²) in [6.45, 7) is 0. The van der Waals surface area contributed by atoms with E-state index in [1.165, 1.54) is 24.3 Å². The molecule has 0 aromatic heterocycles. The van der Waals surface area contributed by atoms with Crippen LogP contribution in [0, 0.1) is 5.82 Å². The van der Waals surface area contributed by atoms with Gasteiger partial charge in [-0.25, -0.2) is 4.39 Å². The number of phenols is 1. The first-order chi connectivity index (χ1) is 9.77. The molecule has 0 bridgehead atoms. The molecule has 0 saturated carbocycles. The van der Waals surface area contributed by atoms with Crippen molar-refractivity contribution in [3.05, 3.63) is 59.4 Å². The maximum absolute atomic E-state index is 13.5. The van der Waals surface area contributed by atoms with Crippen molar-refractivity contribution < 1.29 is 27.5 Å². The van der Waals surface area contributed by atoms with Crippen molar-refractivity contribution in [3.8, 4) is 5.75 Å². The standard InChI is InChI=1S/C14H9F4NO2/c15-12-5-4-8(14(16,17)18)6-11(12)13(21)19-9-2-1-3-10(20)7-9/h1-7,20H,(H,19,21). The minimum absolute atomic E-state index is 0.136. The molecule has 0 unspecified atom stereocenters. The number of phenolic OH excluding ortho intramolecular Hbond substituents is 1. The molecule has 2 aromatic rings. The predicted octanol–water partition coefficient (Wildman–Crippen LogP) is 3.80. The van der Waals surface area contributed by atoms with Crippen LogP contribution >= 0.6 is 0 Å². The molecule has 0 atom stereocenters. The molecule has 0 fully saturated rings. The Morgan fingerprint density at radius 3 is 2.43 bits per heavy atom. The fraction of sp³-hybridized carbons (Fsp3) is 0.0714. The Bertz CT molecular complexity index is 683. The number of rotatable bonds is 2. The number of carbonyl (C=O) groups excluding carboxylic acids is 1. The van der Waals surface area contributed by atoms with Crippen molar-refractivity contribution in [1.82, 2.24) is 0 Å². The summed E-state index contributed by atoms with van der Waals surface area (Å²) in [5, 5.41) is 11.4. The van der Waals surface area contributed by atoms with Gasteiger partial charge in [-0.2, -0.15) is 13.2 Å². The predicted molar refractivity (Wildman–Crippen MR) is 67.5 cm³/mol. The molecule has 110 valence electrons. The number of aromatic hydroxyl groups is 1. The Morgan fingerprint density at radius 1 is 1.10 bits per heavy atom. The highest BCUT2D eigenvalue weighted by atomic mass is 19.4. The highest BCUT2D eigenvalue weighted by molar-refractivity contribution is 6.04. The van der Waals surface area contributed by atoms with Gasteiger partial charge in [0.15, 0.2) is 0 Å². The average Bonchev–Trinajstić information content (AvgIpc) is 2.37. The van der Waals surface area contributed by atoms with Gasteiger partial charge >= 0.3 is 6.18 Å². The number of nitrogens with one attached hydrogen (secondary N) is 1. The molecule has 0 spiro atoms. The van der Waals surface area contributed by atoms with Crippen LogP contribution in [-0.2, 0) is 6.18 Å². The summed E-state index contributed by atoms with van der Waals surface area (Å²) >= 11 is 0. The molecule has 0 aliphatic carbocycles. The number of amides is 1. The molecule has 7 heteroatoms. The molecule has 2 aromatic carbocycles. The smallest absolute Gasteiger partial charge is 0.416 e. The first kappa shape index (κ1) is 14.8. The minimum atomic E-state index is -4.67. The van der Waals surface area contributed by atoms with Crippen LogP contribution < -0.4 is 5.32 Å². The zero-order chi connectivity index (χ0) is 15.6. The van der Waals surface area contributed by atoms with E-state index in [4.69, 9.17) is 0 Å². The van der Waals surface area contributed by atoms with Crippen molar-refractivity contribution in [2.45, 2.75) is 6.18 Å². The van der Waals surface area contributed by atoms with Crippen LogP contribution in [0.4, 0.5) is 23.2 Å². The highest BCUT2D eigenvalue weighted by Gasteiger charge is 2.31. The number of benzene rings is 2. The van der Waals surface area contributed by atoms with Crippen molar-refractivity contribution in [2.24, 2.45) is 0 Å². The van der Waals surface area contributed by atoms with Crippen LogP contribution in [0.2, 0.25) is 0 Å². The molecule has 21 heavy (non-hydrogen) atoms. The number of carbonyl (C=O) groups is 1. The van der Waals surface area contributed by atoms with E-state index in [0.29, 0.717) is 18.2 Å². The number of hydrogen-bond donors (Lipinski definition) is 2. The van der Waals surface area contributed by atoms with E-state index < -0.39 is 29.0 Å². The zero-order valence-electron chi connectivity index (χ0n) is 10.4. The molecule has 2 rings (SSSR count). The zero-order valence-corrected chi connectivity index (χ0v) is 10.4. The third-order valence-electron chi connectivity index (χ3n) is 2.64. The molecule has 1 amide bonds. The summed E-state index contributed by atoms with van der Waals surface area (Å²) in [5.41, 5.74) is -1.71. The lowest BCUT2D eigenvalue weighted by atomic mass is 10.1. The maximum Gasteiger partial charge on any atom is 0.416 e. The van der Waals surface area contributed by atoms with Crippen LogP contribution in [0.3, 0.4) is 0 Å². The summed E-state index contributed by atoms with van der Waals surface area (Å²) in [7, 11) is 0. The van der Waals surface area contributed by atoms with Gasteiger partial charge in [0, 0.05) is 11.8 Å². The molecular weight excluding hydrogens is 290 g/mol. The number of halogens is 4. The van der Waals surface area contributed by atoms with Gasteiger partial charge in [-0.1, -0.05) is 6.07 Å². The second-order valence-corrected chi connectivity index (χ2v) is 4.20. The highest BCUT2D eigenvalue weighted by Crippen LogP contribution is 2.30. The number of alkyl halides is 3.